The summed E-state index contributed by atoms with van der Waals surface area (Å²) in [7, 11) is 0. The van der Waals surface area contributed by atoms with Crippen molar-refractivity contribution < 1.29 is 18.0 Å². The van der Waals surface area contributed by atoms with Crippen LogP contribution in [0.5, 0.6) is 0 Å². The minimum absolute atomic E-state index is 0.0639. The lowest BCUT2D eigenvalue weighted by atomic mass is 9.73. The molecule has 0 radical (unpaired) electrons. The predicted octanol–water partition coefficient (Wildman–Crippen LogP) is 5.93. The summed E-state index contributed by atoms with van der Waals surface area (Å²) in [6, 6.07) is 11.9. The van der Waals surface area contributed by atoms with Gasteiger partial charge in [0.1, 0.15) is 0 Å². The van der Waals surface area contributed by atoms with Gasteiger partial charge in [-0.25, -0.2) is 0 Å². The average molecular weight is 386 g/mol. The number of rotatable bonds is 1. The van der Waals surface area contributed by atoms with Crippen molar-refractivity contribution in [2.24, 2.45) is 5.41 Å². The van der Waals surface area contributed by atoms with Crippen LogP contribution in [0.15, 0.2) is 59.8 Å². The molecule has 6 heteroatoms. The van der Waals surface area contributed by atoms with Gasteiger partial charge in [0, 0.05) is 17.7 Å². The molecule has 4 rings (SSSR count). The maximum Gasteiger partial charge on any atom is 0.416 e. The van der Waals surface area contributed by atoms with Crippen molar-refractivity contribution in [1.82, 2.24) is 0 Å². The molecule has 2 aromatic rings. The largest absolute Gasteiger partial charge is 0.416 e. The molecule has 2 aliphatic rings. The Kier molecular flexibility index (Phi) is 4.25. The van der Waals surface area contributed by atoms with Crippen molar-refractivity contribution in [1.29, 1.82) is 0 Å². The van der Waals surface area contributed by atoms with Crippen molar-refractivity contribution in [3.05, 3.63) is 70.9 Å². The predicted molar refractivity (Wildman–Crippen MR) is 103 cm³/mol. The number of ketones is 1. The van der Waals surface area contributed by atoms with E-state index in [0.29, 0.717) is 29.8 Å². The molecule has 0 aromatic heterocycles. The van der Waals surface area contributed by atoms with Crippen LogP contribution in [0.1, 0.15) is 43.9 Å². The van der Waals surface area contributed by atoms with Gasteiger partial charge in [0.05, 0.1) is 23.0 Å². The van der Waals surface area contributed by atoms with E-state index in [2.05, 4.69) is 10.6 Å². The summed E-state index contributed by atoms with van der Waals surface area (Å²) in [4.78, 5) is 13.1. The van der Waals surface area contributed by atoms with Gasteiger partial charge in [-0.15, -0.1) is 0 Å². The summed E-state index contributed by atoms with van der Waals surface area (Å²) in [5, 5.41) is 6.52. The number of Topliss-reactive ketones (excluding diaryl/α,β-unsaturated/α-hetero) is 1. The SMILES string of the molecule is CC1(C)CC(=O)C2=C(C1)Nc1ccccc1N[C@H]2c1ccccc1C(F)(F)F. The van der Waals surface area contributed by atoms with Crippen LogP contribution in [0.2, 0.25) is 0 Å². The van der Waals surface area contributed by atoms with Crippen molar-refractivity contribution in [2.45, 2.75) is 38.9 Å². The van der Waals surface area contributed by atoms with Crippen LogP contribution >= 0.6 is 0 Å². The molecule has 3 nitrogen and oxygen atoms in total. The second-order valence-corrected chi connectivity index (χ2v) is 8.17. The van der Waals surface area contributed by atoms with Crippen LogP contribution in [0.4, 0.5) is 24.5 Å². The topological polar surface area (TPSA) is 41.1 Å². The molecule has 0 saturated carbocycles. The molecular formula is C22H21F3N2O. The van der Waals surface area contributed by atoms with E-state index in [1.807, 2.05) is 32.0 Å². The number of halogens is 3. The van der Waals surface area contributed by atoms with E-state index in [1.165, 1.54) is 12.1 Å². The summed E-state index contributed by atoms with van der Waals surface area (Å²) >= 11 is 0. The van der Waals surface area contributed by atoms with Gasteiger partial charge >= 0.3 is 6.18 Å². The monoisotopic (exact) mass is 386 g/mol. The molecule has 0 unspecified atom stereocenters. The molecule has 0 fully saturated rings. The number of para-hydroxylation sites is 2. The van der Waals surface area contributed by atoms with E-state index >= 15 is 0 Å². The van der Waals surface area contributed by atoms with E-state index in [0.717, 1.165) is 11.8 Å². The number of hydrogen-bond donors (Lipinski definition) is 2. The zero-order valence-corrected chi connectivity index (χ0v) is 15.7. The lowest BCUT2D eigenvalue weighted by molar-refractivity contribution is -0.138. The molecule has 0 saturated heterocycles. The lowest BCUT2D eigenvalue weighted by Crippen LogP contribution is -2.32. The fraction of sp³-hybridized carbons (Fsp3) is 0.318. The Balaban J connectivity index is 1.94. The first-order valence-electron chi connectivity index (χ1n) is 9.21. The minimum Gasteiger partial charge on any atom is -0.372 e. The third kappa shape index (κ3) is 3.28. The molecule has 28 heavy (non-hydrogen) atoms. The van der Waals surface area contributed by atoms with Crippen LogP contribution in [-0.4, -0.2) is 5.78 Å². The third-order valence-corrected chi connectivity index (χ3v) is 5.30. The van der Waals surface area contributed by atoms with Gasteiger partial charge in [0.2, 0.25) is 0 Å². The lowest BCUT2D eigenvalue weighted by Gasteiger charge is -2.34. The number of carbonyl (C=O) groups excluding carboxylic acids is 1. The molecule has 0 amide bonds. The second kappa shape index (κ2) is 6.40. The quantitative estimate of drug-likeness (QED) is 0.638. The molecule has 146 valence electrons. The number of carbonyl (C=O) groups is 1. The minimum atomic E-state index is -4.50. The number of anilines is 2. The van der Waals surface area contributed by atoms with Gasteiger partial charge in [0.25, 0.3) is 0 Å². The van der Waals surface area contributed by atoms with E-state index in [-0.39, 0.29) is 16.8 Å². The molecule has 0 bridgehead atoms. The number of benzene rings is 2. The van der Waals surface area contributed by atoms with Crippen molar-refractivity contribution in [3.63, 3.8) is 0 Å². The third-order valence-electron chi connectivity index (χ3n) is 5.30. The molecular weight excluding hydrogens is 365 g/mol. The molecule has 2 N–H and O–H groups in total. The van der Waals surface area contributed by atoms with Crippen LogP contribution in [0, 0.1) is 5.41 Å². The van der Waals surface area contributed by atoms with Crippen LogP contribution in [0.3, 0.4) is 0 Å². The molecule has 1 aliphatic carbocycles. The highest BCUT2D eigenvalue weighted by Gasteiger charge is 2.42. The Morgan fingerprint density at radius 3 is 2.32 bits per heavy atom. The number of nitrogens with one attached hydrogen (secondary N) is 2. The highest BCUT2D eigenvalue weighted by molar-refractivity contribution is 6.01. The van der Waals surface area contributed by atoms with Crippen molar-refractivity contribution in [2.75, 3.05) is 10.6 Å². The van der Waals surface area contributed by atoms with E-state index in [9.17, 15) is 18.0 Å². The summed E-state index contributed by atoms with van der Waals surface area (Å²) in [6.07, 6.45) is -3.61. The maximum atomic E-state index is 13.7. The van der Waals surface area contributed by atoms with Gasteiger partial charge in [-0.3, -0.25) is 4.79 Å². The Morgan fingerprint density at radius 2 is 1.61 bits per heavy atom. The number of allylic oxidation sites excluding steroid dienone is 1. The highest BCUT2D eigenvalue weighted by Crippen LogP contribution is 2.47. The maximum absolute atomic E-state index is 13.7. The number of fused-ring (bicyclic) bond motifs is 1. The summed E-state index contributed by atoms with van der Waals surface area (Å²) in [6.45, 7) is 4.00. The highest BCUT2D eigenvalue weighted by atomic mass is 19.4. The molecule has 0 spiro atoms. The zero-order chi connectivity index (χ0) is 20.1. The first kappa shape index (κ1) is 18.6. The smallest absolute Gasteiger partial charge is 0.372 e. The Morgan fingerprint density at radius 1 is 0.964 bits per heavy atom. The van der Waals surface area contributed by atoms with Gasteiger partial charge < -0.3 is 10.6 Å². The van der Waals surface area contributed by atoms with Gasteiger partial charge in [0.15, 0.2) is 5.78 Å². The Bertz CT molecular complexity index is 976. The Hall–Kier alpha value is -2.76. The fourth-order valence-electron chi connectivity index (χ4n) is 4.13. The molecule has 1 atom stereocenters. The normalized spacial score (nSPS) is 21.2. The summed E-state index contributed by atoms with van der Waals surface area (Å²) in [5.41, 5.74) is 1.60. The van der Waals surface area contributed by atoms with Gasteiger partial charge in [-0.2, -0.15) is 13.2 Å². The van der Waals surface area contributed by atoms with Crippen LogP contribution < -0.4 is 10.6 Å². The fourth-order valence-corrected chi connectivity index (χ4v) is 4.13. The van der Waals surface area contributed by atoms with Gasteiger partial charge in [-0.05, 0) is 35.6 Å². The average Bonchev–Trinajstić information content (AvgIpc) is 2.76. The summed E-state index contributed by atoms with van der Waals surface area (Å²) < 4.78 is 41.1. The van der Waals surface area contributed by atoms with Crippen molar-refractivity contribution >= 4 is 17.2 Å². The van der Waals surface area contributed by atoms with E-state index < -0.39 is 17.8 Å². The molecule has 2 aromatic carbocycles. The van der Waals surface area contributed by atoms with E-state index in [1.54, 1.807) is 12.1 Å². The van der Waals surface area contributed by atoms with Crippen LogP contribution in [-0.2, 0) is 11.0 Å². The molecule has 1 aliphatic heterocycles. The zero-order valence-electron chi connectivity index (χ0n) is 15.7. The van der Waals surface area contributed by atoms with Gasteiger partial charge in [-0.1, -0.05) is 44.2 Å². The van der Waals surface area contributed by atoms with Crippen molar-refractivity contribution in [3.8, 4) is 0 Å². The summed E-state index contributed by atoms with van der Waals surface area (Å²) in [5.74, 6) is -0.124. The second-order valence-electron chi connectivity index (χ2n) is 8.17. The standard InChI is InChI=1S/C22H21F3N2O/c1-21(2)11-17-19(18(28)12-21)20(27-16-10-6-5-9-15(16)26-17)13-7-3-4-8-14(13)22(23,24)25/h3-10,20,26-27H,11-12H2,1-2H3/t20-/m0/s1. The van der Waals surface area contributed by atoms with Crippen LogP contribution in [0.25, 0.3) is 0 Å². The van der Waals surface area contributed by atoms with E-state index in [4.69, 9.17) is 0 Å². The first-order chi connectivity index (χ1) is 13.2. The molecule has 1 heterocycles. The first-order valence-corrected chi connectivity index (χ1v) is 9.21. The number of alkyl halides is 3. The number of hydrogen-bond acceptors (Lipinski definition) is 3. The Labute approximate surface area is 161 Å².